The monoisotopic (exact) mass is 231 g/mol. The molecule has 1 fully saturated rings. The van der Waals surface area contributed by atoms with Gasteiger partial charge in [0.15, 0.2) is 0 Å². The van der Waals surface area contributed by atoms with E-state index in [0.717, 1.165) is 5.92 Å². The number of fused-ring (bicyclic) bond motifs is 1. The van der Waals surface area contributed by atoms with Crippen LogP contribution in [0.15, 0.2) is 24.3 Å². The molecular formula is C14H17NS. The topological polar surface area (TPSA) is 12.0 Å². The van der Waals surface area contributed by atoms with Crippen LogP contribution in [0.3, 0.4) is 0 Å². The fourth-order valence-electron chi connectivity index (χ4n) is 2.67. The average molecular weight is 231 g/mol. The Hall–Kier alpha value is -0.860. The Morgan fingerprint density at radius 2 is 1.94 bits per heavy atom. The van der Waals surface area contributed by atoms with E-state index < -0.39 is 0 Å². The molecule has 2 heterocycles. The second kappa shape index (κ2) is 4.19. The van der Waals surface area contributed by atoms with Crippen LogP contribution in [-0.2, 0) is 0 Å². The summed E-state index contributed by atoms with van der Waals surface area (Å²) >= 11 is 2.00. The van der Waals surface area contributed by atoms with Crippen molar-refractivity contribution in [2.45, 2.75) is 25.7 Å². The molecule has 0 unspecified atom stereocenters. The smallest absolute Gasteiger partial charge is 0.0348 e. The van der Waals surface area contributed by atoms with Gasteiger partial charge in [0.2, 0.25) is 0 Å². The minimum atomic E-state index is 0.790. The standard InChI is InChI=1S/C14H17NS/c1-10-12-4-2-3-5-13(12)16-14(10)11-6-8-15-9-7-11/h2-5,11,15H,6-9H2,1H3. The summed E-state index contributed by atoms with van der Waals surface area (Å²) in [6, 6.07) is 8.79. The van der Waals surface area contributed by atoms with Crippen LogP contribution in [0, 0.1) is 6.92 Å². The van der Waals surface area contributed by atoms with Gasteiger partial charge in [-0.15, -0.1) is 11.3 Å². The van der Waals surface area contributed by atoms with Crippen molar-refractivity contribution in [2.75, 3.05) is 13.1 Å². The van der Waals surface area contributed by atoms with Crippen molar-refractivity contribution in [3.05, 3.63) is 34.7 Å². The normalized spacial score (nSPS) is 18.1. The van der Waals surface area contributed by atoms with E-state index in [9.17, 15) is 0 Å². The minimum Gasteiger partial charge on any atom is -0.317 e. The highest BCUT2D eigenvalue weighted by Crippen LogP contribution is 2.38. The fourth-order valence-corrected chi connectivity index (χ4v) is 4.05. The average Bonchev–Trinajstić information content (AvgIpc) is 2.69. The van der Waals surface area contributed by atoms with Crippen molar-refractivity contribution in [1.29, 1.82) is 0 Å². The molecule has 0 aliphatic carbocycles. The lowest BCUT2D eigenvalue weighted by molar-refractivity contribution is 0.464. The lowest BCUT2D eigenvalue weighted by atomic mass is 9.93. The van der Waals surface area contributed by atoms with Gasteiger partial charge in [-0.2, -0.15) is 0 Å². The highest BCUT2D eigenvalue weighted by Gasteiger charge is 2.20. The van der Waals surface area contributed by atoms with Gasteiger partial charge in [0.05, 0.1) is 0 Å². The van der Waals surface area contributed by atoms with E-state index in [1.165, 1.54) is 41.6 Å². The molecule has 84 valence electrons. The summed E-state index contributed by atoms with van der Waals surface area (Å²) in [5, 5.41) is 4.90. The fraction of sp³-hybridized carbons (Fsp3) is 0.429. The van der Waals surface area contributed by atoms with Gasteiger partial charge < -0.3 is 5.32 Å². The molecule has 1 aromatic heterocycles. The van der Waals surface area contributed by atoms with E-state index in [-0.39, 0.29) is 0 Å². The zero-order valence-corrected chi connectivity index (χ0v) is 10.4. The molecule has 1 saturated heterocycles. The summed E-state index contributed by atoms with van der Waals surface area (Å²) in [7, 11) is 0. The van der Waals surface area contributed by atoms with Crippen molar-refractivity contribution in [1.82, 2.24) is 5.32 Å². The zero-order chi connectivity index (χ0) is 11.0. The predicted octanol–water partition coefficient (Wildman–Crippen LogP) is 3.68. The molecule has 2 heteroatoms. The van der Waals surface area contributed by atoms with Crippen LogP contribution in [0.4, 0.5) is 0 Å². The maximum absolute atomic E-state index is 3.44. The molecule has 2 aromatic rings. The second-order valence-corrected chi connectivity index (χ2v) is 5.70. The number of piperidine rings is 1. The van der Waals surface area contributed by atoms with E-state index in [4.69, 9.17) is 0 Å². The molecule has 0 spiro atoms. The Morgan fingerprint density at radius 3 is 2.69 bits per heavy atom. The molecule has 1 N–H and O–H groups in total. The third-order valence-electron chi connectivity index (χ3n) is 3.59. The zero-order valence-electron chi connectivity index (χ0n) is 9.62. The predicted molar refractivity (Wildman–Crippen MR) is 71.4 cm³/mol. The first kappa shape index (κ1) is 10.3. The molecule has 3 rings (SSSR count). The summed E-state index contributed by atoms with van der Waals surface area (Å²) in [5.41, 5.74) is 1.52. The van der Waals surface area contributed by atoms with Crippen LogP contribution in [-0.4, -0.2) is 13.1 Å². The summed E-state index contributed by atoms with van der Waals surface area (Å²) in [5.74, 6) is 0.790. The van der Waals surface area contributed by atoms with Crippen LogP contribution in [0.5, 0.6) is 0 Å². The molecule has 16 heavy (non-hydrogen) atoms. The van der Waals surface area contributed by atoms with Crippen molar-refractivity contribution >= 4 is 21.4 Å². The quantitative estimate of drug-likeness (QED) is 0.789. The molecule has 1 aliphatic heterocycles. The van der Waals surface area contributed by atoms with Gasteiger partial charge in [-0.25, -0.2) is 0 Å². The number of nitrogens with one attached hydrogen (secondary N) is 1. The summed E-state index contributed by atoms with van der Waals surface area (Å²) < 4.78 is 1.45. The number of benzene rings is 1. The molecule has 0 radical (unpaired) electrons. The minimum absolute atomic E-state index is 0.790. The van der Waals surface area contributed by atoms with Crippen molar-refractivity contribution < 1.29 is 0 Å². The first-order valence-corrected chi connectivity index (χ1v) is 6.86. The third-order valence-corrected chi connectivity index (χ3v) is 5.03. The van der Waals surface area contributed by atoms with Gasteiger partial charge in [-0.3, -0.25) is 0 Å². The van der Waals surface area contributed by atoms with Crippen LogP contribution < -0.4 is 5.32 Å². The molecule has 0 amide bonds. The molecule has 0 saturated carbocycles. The Morgan fingerprint density at radius 1 is 1.19 bits per heavy atom. The van der Waals surface area contributed by atoms with Gasteiger partial charge in [-0.1, -0.05) is 18.2 Å². The molecule has 1 aromatic carbocycles. The lowest BCUT2D eigenvalue weighted by Gasteiger charge is -2.22. The van der Waals surface area contributed by atoms with E-state index >= 15 is 0 Å². The summed E-state index contributed by atoms with van der Waals surface area (Å²) in [6.07, 6.45) is 2.60. The van der Waals surface area contributed by atoms with Crippen molar-refractivity contribution in [2.24, 2.45) is 0 Å². The molecule has 1 nitrogen and oxygen atoms in total. The highest BCUT2D eigenvalue weighted by molar-refractivity contribution is 7.19. The van der Waals surface area contributed by atoms with Gasteiger partial charge in [0.1, 0.15) is 0 Å². The van der Waals surface area contributed by atoms with Crippen LogP contribution >= 0.6 is 11.3 Å². The van der Waals surface area contributed by atoms with Crippen LogP contribution in [0.2, 0.25) is 0 Å². The SMILES string of the molecule is Cc1c(C2CCNCC2)sc2ccccc12. The number of aryl methyl sites for hydroxylation is 1. The highest BCUT2D eigenvalue weighted by atomic mass is 32.1. The maximum atomic E-state index is 3.44. The summed E-state index contributed by atoms with van der Waals surface area (Å²) in [4.78, 5) is 1.63. The molecule has 0 atom stereocenters. The summed E-state index contributed by atoms with van der Waals surface area (Å²) in [6.45, 7) is 4.65. The second-order valence-electron chi connectivity index (χ2n) is 4.61. The van der Waals surface area contributed by atoms with Gasteiger partial charge in [-0.05, 0) is 55.8 Å². The Balaban J connectivity index is 2.05. The Bertz CT molecular complexity index is 494. The lowest BCUT2D eigenvalue weighted by Crippen LogP contribution is -2.26. The number of thiophene rings is 1. The maximum Gasteiger partial charge on any atom is 0.0348 e. The van der Waals surface area contributed by atoms with Crippen molar-refractivity contribution in [3.8, 4) is 0 Å². The Labute approximate surface area is 100 Å². The number of rotatable bonds is 1. The van der Waals surface area contributed by atoms with Crippen LogP contribution in [0.25, 0.3) is 10.1 Å². The number of hydrogen-bond donors (Lipinski definition) is 1. The molecular weight excluding hydrogens is 214 g/mol. The van der Waals surface area contributed by atoms with Gasteiger partial charge in [0.25, 0.3) is 0 Å². The largest absolute Gasteiger partial charge is 0.317 e. The van der Waals surface area contributed by atoms with Crippen LogP contribution in [0.1, 0.15) is 29.2 Å². The van der Waals surface area contributed by atoms with Crippen molar-refractivity contribution in [3.63, 3.8) is 0 Å². The van der Waals surface area contributed by atoms with Gasteiger partial charge >= 0.3 is 0 Å². The number of hydrogen-bond acceptors (Lipinski definition) is 2. The van der Waals surface area contributed by atoms with Gasteiger partial charge in [0, 0.05) is 9.58 Å². The third kappa shape index (κ3) is 1.66. The Kier molecular flexibility index (Phi) is 2.70. The first-order valence-electron chi connectivity index (χ1n) is 6.05. The van der Waals surface area contributed by atoms with E-state index in [2.05, 4.69) is 36.5 Å². The van der Waals surface area contributed by atoms with E-state index in [1.54, 1.807) is 4.88 Å². The molecule has 1 aliphatic rings. The molecule has 0 bridgehead atoms. The first-order chi connectivity index (χ1) is 7.86. The van der Waals surface area contributed by atoms with E-state index in [1.807, 2.05) is 11.3 Å². The van der Waals surface area contributed by atoms with E-state index in [0.29, 0.717) is 0 Å².